The van der Waals surface area contributed by atoms with Crippen LogP contribution in [0.3, 0.4) is 0 Å². The number of aryl methyl sites for hydroxylation is 1. The number of thiocarbonyl (C=S) groups is 1. The molecule has 28 heavy (non-hydrogen) atoms. The monoisotopic (exact) mass is 411 g/mol. The number of methoxy groups -OCH3 is 1. The number of carbonyl (C=O) groups is 1. The lowest BCUT2D eigenvalue weighted by Crippen LogP contribution is -2.27. The Bertz CT molecular complexity index is 953. The van der Waals surface area contributed by atoms with Crippen molar-refractivity contribution >= 4 is 40.3 Å². The van der Waals surface area contributed by atoms with E-state index in [0.717, 1.165) is 11.1 Å². The first-order chi connectivity index (χ1) is 13.5. The third kappa shape index (κ3) is 4.46. The van der Waals surface area contributed by atoms with Crippen LogP contribution >= 0.6 is 24.0 Å². The van der Waals surface area contributed by atoms with Crippen LogP contribution in [0.5, 0.6) is 11.5 Å². The fourth-order valence-electron chi connectivity index (χ4n) is 2.76. The minimum absolute atomic E-state index is 0.103. The molecule has 1 fully saturated rings. The molecule has 144 valence electrons. The van der Waals surface area contributed by atoms with Gasteiger partial charge in [0.1, 0.15) is 10.9 Å². The lowest BCUT2D eigenvalue weighted by molar-refractivity contribution is -0.121. The Morgan fingerprint density at radius 3 is 2.71 bits per heavy atom. The number of rotatable bonds is 7. The van der Waals surface area contributed by atoms with Crippen LogP contribution in [0, 0.1) is 6.92 Å². The van der Waals surface area contributed by atoms with Crippen molar-refractivity contribution in [3.05, 3.63) is 76.7 Å². The van der Waals surface area contributed by atoms with Gasteiger partial charge in [-0.3, -0.25) is 9.69 Å². The van der Waals surface area contributed by atoms with Crippen molar-refractivity contribution in [3.8, 4) is 11.5 Å². The van der Waals surface area contributed by atoms with Gasteiger partial charge in [0.15, 0.2) is 11.5 Å². The van der Waals surface area contributed by atoms with Crippen molar-refractivity contribution < 1.29 is 14.3 Å². The summed E-state index contributed by atoms with van der Waals surface area (Å²) in [6, 6.07) is 13.7. The first-order valence-electron chi connectivity index (χ1n) is 8.75. The number of hydrogen-bond acceptors (Lipinski definition) is 5. The average molecular weight is 412 g/mol. The molecule has 0 N–H and O–H groups in total. The molecule has 0 aromatic heterocycles. The van der Waals surface area contributed by atoms with Crippen molar-refractivity contribution in [2.75, 3.05) is 13.7 Å². The highest BCUT2D eigenvalue weighted by Crippen LogP contribution is 2.35. The molecule has 0 saturated carbocycles. The van der Waals surface area contributed by atoms with Crippen LogP contribution in [0.1, 0.15) is 16.7 Å². The van der Waals surface area contributed by atoms with Gasteiger partial charge in [-0.2, -0.15) is 0 Å². The first kappa shape index (κ1) is 20.2. The van der Waals surface area contributed by atoms with Crippen molar-refractivity contribution in [1.29, 1.82) is 0 Å². The number of benzene rings is 2. The molecule has 1 heterocycles. The van der Waals surface area contributed by atoms with Gasteiger partial charge in [-0.25, -0.2) is 0 Å². The maximum Gasteiger partial charge on any atom is 0.266 e. The van der Waals surface area contributed by atoms with Crippen LogP contribution in [-0.2, 0) is 11.4 Å². The molecule has 4 nitrogen and oxygen atoms in total. The third-order valence-corrected chi connectivity index (χ3v) is 5.69. The summed E-state index contributed by atoms with van der Waals surface area (Å²) in [4.78, 5) is 14.6. The SMILES string of the molecule is C=CCN1C(=O)C(=Cc2ccc(OCc3ccccc3C)c(OC)c2)SC1=S. The fourth-order valence-corrected chi connectivity index (χ4v) is 4.03. The number of thioether (sulfide) groups is 1. The summed E-state index contributed by atoms with van der Waals surface area (Å²) in [5.41, 5.74) is 3.15. The zero-order valence-electron chi connectivity index (χ0n) is 15.8. The smallest absolute Gasteiger partial charge is 0.266 e. The first-order valence-corrected chi connectivity index (χ1v) is 9.97. The summed E-state index contributed by atoms with van der Waals surface area (Å²) >= 11 is 6.56. The highest BCUT2D eigenvalue weighted by Gasteiger charge is 2.30. The van der Waals surface area contributed by atoms with Crippen LogP contribution in [0.25, 0.3) is 6.08 Å². The van der Waals surface area contributed by atoms with Crippen LogP contribution in [0.15, 0.2) is 60.0 Å². The van der Waals surface area contributed by atoms with Gasteiger partial charge in [0.05, 0.1) is 12.0 Å². The van der Waals surface area contributed by atoms with Crippen molar-refractivity contribution in [3.63, 3.8) is 0 Å². The number of hydrogen-bond donors (Lipinski definition) is 0. The average Bonchev–Trinajstić information content (AvgIpc) is 2.95. The van der Waals surface area contributed by atoms with E-state index in [4.69, 9.17) is 21.7 Å². The topological polar surface area (TPSA) is 38.8 Å². The summed E-state index contributed by atoms with van der Waals surface area (Å²) in [7, 11) is 1.60. The summed E-state index contributed by atoms with van der Waals surface area (Å²) in [5, 5.41) is 0. The molecule has 0 aliphatic carbocycles. The van der Waals surface area contributed by atoms with E-state index in [0.29, 0.717) is 33.9 Å². The summed E-state index contributed by atoms with van der Waals surface area (Å²) in [6.45, 7) is 6.60. The molecule has 0 atom stereocenters. The van der Waals surface area contributed by atoms with Crippen LogP contribution in [0.4, 0.5) is 0 Å². The highest BCUT2D eigenvalue weighted by atomic mass is 32.2. The molecule has 2 aromatic rings. The molecule has 2 aromatic carbocycles. The van der Waals surface area contributed by atoms with Gasteiger partial charge >= 0.3 is 0 Å². The highest BCUT2D eigenvalue weighted by molar-refractivity contribution is 8.26. The summed E-state index contributed by atoms with van der Waals surface area (Å²) in [5.74, 6) is 1.17. The normalized spacial score (nSPS) is 15.2. The Morgan fingerprint density at radius 1 is 1.21 bits per heavy atom. The van der Waals surface area contributed by atoms with E-state index in [1.54, 1.807) is 13.2 Å². The quantitative estimate of drug-likeness (QED) is 0.365. The van der Waals surface area contributed by atoms with E-state index in [-0.39, 0.29) is 5.91 Å². The second-order valence-corrected chi connectivity index (χ2v) is 7.88. The second kappa shape index (κ2) is 9.08. The van der Waals surface area contributed by atoms with Gasteiger partial charge in [-0.1, -0.05) is 60.4 Å². The second-order valence-electron chi connectivity index (χ2n) is 6.21. The van der Waals surface area contributed by atoms with Crippen LogP contribution in [0.2, 0.25) is 0 Å². The van der Waals surface area contributed by atoms with E-state index in [9.17, 15) is 4.79 Å². The van der Waals surface area contributed by atoms with Gasteiger partial charge in [0.2, 0.25) is 0 Å². The number of ether oxygens (including phenoxy) is 2. The number of carbonyl (C=O) groups excluding carboxylic acids is 1. The molecule has 3 rings (SSSR count). The maximum atomic E-state index is 12.5. The van der Waals surface area contributed by atoms with Crippen molar-refractivity contribution in [2.24, 2.45) is 0 Å². The molecular weight excluding hydrogens is 390 g/mol. The van der Waals surface area contributed by atoms with Gasteiger partial charge in [0.25, 0.3) is 5.91 Å². The standard InChI is InChI=1S/C22H21NO3S2/c1-4-11-23-21(24)20(28-22(23)27)13-16-9-10-18(19(12-16)25-3)26-14-17-8-6-5-7-15(17)2/h4-10,12-13H,1,11,14H2,2-3H3. The number of nitrogens with zero attached hydrogens (tertiary/aromatic N) is 1. The molecule has 0 unspecified atom stereocenters. The lowest BCUT2D eigenvalue weighted by Gasteiger charge is -2.13. The largest absolute Gasteiger partial charge is 0.493 e. The van der Waals surface area contributed by atoms with Crippen molar-refractivity contribution in [1.82, 2.24) is 4.90 Å². The molecular formula is C22H21NO3S2. The summed E-state index contributed by atoms with van der Waals surface area (Å²) in [6.07, 6.45) is 3.48. The molecule has 0 bridgehead atoms. The summed E-state index contributed by atoms with van der Waals surface area (Å²) < 4.78 is 12.0. The molecule has 1 aliphatic rings. The maximum absolute atomic E-state index is 12.5. The minimum Gasteiger partial charge on any atom is -0.493 e. The van der Waals surface area contributed by atoms with E-state index in [2.05, 4.69) is 19.6 Å². The van der Waals surface area contributed by atoms with Gasteiger partial charge in [-0.15, -0.1) is 6.58 Å². The number of amides is 1. The third-order valence-electron chi connectivity index (χ3n) is 4.32. The minimum atomic E-state index is -0.103. The Labute approximate surface area is 174 Å². The van der Waals surface area contributed by atoms with Crippen LogP contribution in [-0.4, -0.2) is 28.8 Å². The fraction of sp³-hybridized carbons (Fsp3) is 0.182. The predicted molar refractivity (Wildman–Crippen MR) is 119 cm³/mol. The van der Waals surface area contributed by atoms with Gasteiger partial charge < -0.3 is 9.47 Å². The van der Waals surface area contributed by atoms with Gasteiger partial charge in [-0.05, 0) is 41.8 Å². The van der Waals surface area contributed by atoms with E-state index in [1.165, 1.54) is 22.2 Å². The van der Waals surface area contributed by atoms with Gasteiger partial charge in [0, 0.05) is 6.54 Å². The Kier molecular flexibility index (Phi) is 6.54. The Hall–Kier alpha value is -2.57. The molecule has 1 saturated heterocycles. The molecule has 0 radical (unpaired) electrons. The zero-order chi connectivity index (χ0) is 20.1. The van der Waals surface area contributed by atoms with E-state index < -0.39 is 0 Å². The molecule has 6 heteroatoms. The van der Waals surface area contributed by atoms with Crippen LogP contribution < -0.4 is 9.47 Å². The molecule has 1 amide bonds. The Balaban J connectivity index is 1.78. The molecule has 1 aliphatic heterocycles. The zero-order valence-corrected chi connectivity index (χ0v) is 17.4. The van der Waals surface area contributed by atoms with Crippen molar-refractivity contribution in [2.45, 2.75) is 13.5 Å². The lowest BCUT2D eigenvalue weighted by atomic mass is 10.1. The predicted octanol–water partition coefficient (Wildman–Crippen LogP) is 4.97. The van der Waals surface area contributed by atoms with E-state index in [1.807, 2.05) is 42.5 Å². The van der Waals surface area contributed by atoms with E-state index >= 15 is 0 Å². The Morgan fingerprint density at radius 2 is 2.00 bits per heavy atom. The molecule has 0 spiro atoms.